The fourth-order valence-electron chi connectivity index (χ4n) is 3.07. The molecule has 2 aromatic rings. The van der Waals surface area contributed by atoms with Crippen LogP contribution >= 0.6 is 0 Å². The summed E-state index contributed by atoms with van der Waals surface area (Å²) in [4.78, 5) is 0. The van der Waals surface area contributed by atoms with Gasteiger partial charge >= 0.3 is 0 Å². The van der Waals surface area contributed by atoms with E-state index in [1.807, 2.05) is 13.2 Å². The van der Waals surface area contributed by atoms with Crippen LogP contribution in [0.4, 0.5) is 0 Å². The largest absolute Gasteiger partial charge is 0.469 e. The Labute approximate surface area is 127 Å². The molecule has 1 fully saturated rings. The summed E-state index contributed by atoms with van der Waals surface area (Å²) in [6.07, 6.45) is 7.10. The van der Waals surface area contributed by atoms with E-state index in [2.05, 4.69) is 42.6 Å². The summed E-state index contributed by atoms with van der Waals surface area (Å²) in [6.45, 7) is 5.23. The van der Waals surface area contributed by atoms with Crippen molar-refractivity contribution < 1.29 is 4.42 Å². The third-order valence-electron chi connectivity index (χ3n) is 4.50. The number of nitrogens with one attached hydrogen (secondary N) is 1. The Kier molecular flexibility index (Phi) is 4.45. The van der Waals surface area contributed by atoms with E-state index >= 15 is 0 Å². The molecular formula is C19H25NO. The maximum absolute atomic E-state index is 5.52. The van der Waals surface area contributed by atoms with Crippen molar-refractivity contribution in [2.75, 3.05) is 6.54 Å². The quantitative estimate of drug-likeness (QED) is 0.812. The molecule has 0 aliphatic heterocycles. The SMILES string of the molecule is CCCNC(c1cccc(C2CCC2)c1)c1coc(C)c1. The highest BCUT2D eigenvalue weighted by atomic mass is 16.3. The number of hydrogen-bond acceptors (Lipinski definition) is 2. The first-order valence-corrected chi connectivity index (χ1v) is 8.16. The number of furan rings is 1. The second-order valence-electron chi connectivity index (χ2n) is 6.18. The molecule has 0 amide bonds. The smallest absolute Gasteiger partial charge is 0.101 e. The molecule has 2 heteroatoms. The van der Waals surface area contributed by atoms with Gasteiger partial charge in [-0.15, -0.1) is 0 Å². The minimum atomic E-state index is 0.238. The molecule has 1 N–H and O–H groups in total. The van der Waals surface area contributed by atoms with Gasteiger partial charge < -0.3 is 9.73 Å². The van der Waals surface area contributed by atoms with Crippen molar-refractivity contribution in [2.45, 2.75) is 51.5 Å². The van der Waals surface area contributed by atoms with E-state index in [4.69, 9.17) is 4.42 Å². The van der Waals surface area contributed by atoms with Crippen molar-refractivity contribution in [1.29, 1.82) is 0 Å². The normalized spacial score (nSPS) is 16.7. The van der Waals surface area contributed by atoms with Crippen molar-refractivity contribution in [3.05, 3.63) is 59.0 Å². The molecule has 0 radical (unpaired) electrons. The van der Waals surface area contributed by atoms with Crippen molar-refractivity contribution in [1.82, 2.24) is 5.32 Å². The minimum Gasteiger partial charge on any atom is -0.469 e. The first-order chi connectivity index (χ1) is 10.3. The molecule has 1 aliphatic carbocycles. The molecule has 1 heterocycles. The molecular weight excluding hydrogens is 258 g/mol. The Bertz CT molecular complexity index is 583. The zero-order chi connectivity index (χ0) is 14.7. The predicted molar refractivity (Wildman–Crippen MR) is 86.6 cm³/mol. The summed E-state index contributed by atoms with van der Waals surface area (Å²) in [5, 5.41) is 3.66. The molecule has 2 nitrogen and oxygen atoms in total. The van der Waals surface area contributed by atoms with Gasteiger partial charge in [0.25, 0.3) is 0 Å². The van der Waals surface area contributed by atoms with Gasteiger partial charge in [-0.25, -0.2) is 0 Å². The lowest BCUT2D eigenvalue weighted by atomic mass is 9.79. The summed E-state index contributed by atoms with van der Waals surface area (Å²) < 4.78 is 5.52. The number of benzene rings is 1. The van der Waals surface area contributed by atoms with Gasteiger partial charge in [0.15, 0.2) is 0 Å². The van der Waals surface area contributed by atoms with E-state index in [1.165, 1.54) is 36.0 Å². The Balaban J connectivity index is 1.88. The average molecular weight is 283 g/mol. The molecule has 0 saturated heterocycles. The molecule has 1 aromatic carbocycles. The monoisotopic (exact) mass is 283 g/mol. The van der Waals surface area contributed by atoms with Gasteiger partial charge in [0.1, 0.15) is 5.76 Å². The van der Waals surface area contributed by atoms with Gasteiger partial charge in [-0.2, -0.15) is 0 Å². The van der Waals surface area contributed by atoms with Gasteiger partial charge in [-0.05, 0) is 55.8 Å². The molecule has 1 atom stereocenters. The highest BCUT2D eigenvalue weighted by Crippen LogP contribution is 2.37. The Hall–Kier alpha value is -1.54. The molecule has 112 valence electrons. The highest BCUT2D eigenvalue weighted by molar-refractivity contribution is 5.35. The van der Waals surface area contributed by atoms with Crippen LogP contribution < -0.4 is 5.32 Å². The topological polar surface area (TPSA) is 25.2 Å². The minimum absolute atomic E-state index is 0.238. The lowest BCUT2D eigenvalue weighted by Gasteiger charge is -2.27. The van der Waals surface area contributed by atoms with E-state index in [9.17, 15) is 0 Å². The fraction of sp³-hybridized carbons (Fsp3) is 0.474. The van der Waals surface area contributed by atoms with E-state index in [0.717, 1.165) is 24.6 Å². The van der Waals surface area contributed by atoms with Crippen LogP contribution in [0.3, 0.4) is 0 Å². The molecule has 0 spiro atoms. The zero-order valence-corrected chi connectivity index (χ0v) is 13.1. The van der Waals surface area contributed by atoms with Gasteiger partial charge in [0, 0.05) is 5.56 Å². The van der Waals surface area contributed by atoms with Crippen LogP contribution in [0.15, 0.2) is 41.0 Å². The Morgan fingerprint density at radius 2 is 2.10 bits per heavy atom. The number of aryl methyl sites for hydroxylation is 1. The first-order valence-electron chi connectivity index (χ1n) is 8.16. The highest BCUT2D eigenvalue weighted by Gasteiger charge is 2.21. The standard InChI is InChI=1S/C19H25NO/c1-3-10-20-19(18-11-14(2)21-13-18)17-9-5-8-16(12-17)15-6-4-7-15/h5,8-9,11-13,15,19-20H,3-4,6-7,10H2,1-2H3. The van der Waals surface area contributed by atoms with E-state index in [1.54, 1.807) is 0 Å². The average Bonchev–Trinajstić information content (AvgIpc) is 2.84. The van der Waals surface area contributed by atoms with Crippen LogP contribution in [0, 0.1) is 6.92 Å². The Morgan fingerprint density at radius 3 is 2.71 bits per heavy atom. The van der Waals surface area contributed by atoms with E-state index in [-0.39, 0.29) is 6.04 Å². The zero-order valence-electron chi connectivity index (χ0n) is 13.1. The summed E-state index contributed by atoms with van der Waals surface area (Å²) in [7, 11) is 0. The van der Waals surface area contributed by atoms with Crippen LogP contribution in [-0.4, -0.2) is 6.54 Å². The van der Waals surface area contributed by atoms with Crippen LogP contribution in [0.2, 0.25) is 0 Å². The maximum atomic E-state index is 5.52. The van der Waals surface area contributed by atoms with Crippen molar-refractivity contribution in [2.24, 2.45) is 0 Å². The molecule has 3 rings (SSSR count). The van der Waals surface area contributed by atoms with Crippen molar-refractivity contribution >= 4 is 0 Å². The molecule has 1 unspecified atom stereocenters. The summed E-state index contributed by atoms with van der Waals surface area (Å²) >= 11 is 0. The summed E-state index contributed by atoms with van der Waals surface area (Å²) in [5.41, 5.74) is 4.09. The Morgan fingerprint density at radius 1 is 1.24 bits per heavy atom. The van der Waals surface area contributed by atoms with E-state index < -0.39 is 0 Å². The van der Waals surface area contributed by atoms with Crippen LogP contribution in [0.5, 0.6) is 0 Å². The van der Waals surface area contributed by atoms with Gasteiger partial charge in [0.2, 0.25) is 0 Å². The first kappa shape index (κ1) is 14.4. The third kappa shape index (κ3) is 3.21. The maximum Gasteiger partial charge on any atom is 0.101 e. The summed E-state index contributed by atoms with van der Waals surface area (Å²) in [5.74, 6) is 1.76. The summed E-state index contributed by atoms with van der Waals surface area (Å²) in [6, 6.07) is 11.5. The predicted octanol–water partition coefficient (Wildman–Crippen LogP) is 4.94. The van der Waals surface area contributed by atoms with Crippen LogP contribution in [0.1, 0.15) is 67.0 Å². The van der Waals surface area contributed by atoms with Gasteiger partial charge in [-0.3, -0.25) is 0 Å². The van der Waals surface area contributed by atoms with Crippen LogP contribution in [0.25, 0.3) is 0 Å². The van der Waals surface area contributed by atoms with Crippen molar-refractivity contribution in [3.63, 3.8) is 0 Å². The second kappa shape index (κ2) is 6.48. The fourth-order valence-corrected chi connectivity index (χ4v) is 3.07. The lowest BCUT2D eigenvalue weighted by Crippen LogP contribution is -2.23. The molecule has 0 bridgehead atoms. The second-order valence-corrected chi connectivity index (χ2v) is 6.18. The molecule has 1 aliphatic rings. The van der Waals surface area contributed by atoms with E-state index in [0.29, 0.717) is 0 Å². The number of rotatable bonds is 6. The van der Waals surface area contributed by atoms with Gasteiger partial charge in [0.05, 0.1) is 12.3 Å². The molecule has 1 saturated carbocycles. The third-order valence-corrected chi connectivity index (χ3v) is 4.50. The van der Waals surface area contributed by atoms with Gasteiger partial charge in [-0.1, -0.05) is 37.6 Å². The lowest BCUT2D eigenvalue weighted by molar-refractivity contribution is 0.419. The van der Waals surface area contributed by atoms with Crippen molar-refractivity contribution in [3.8, 4) is 0 Å². The molecule has 1 aromatic heterocycles. The number of hydrogen-bond donors (Lipinski definition) is 1. The molecule has 21 heavy (non-hydrogen) atoms. The van der Waals surface area contributed by atoms with Crippen LogP contribution in [-0.2, 0) is 0 Å².